The summed E-state index contributed by atoms with van der Waals surface area (Å²) in [5.41, 5.74) is 0.569. The van der Waals surface area contributed by atoms with Crippen molar-refractivity contribution in [3.63, 3.8) is 0 Å². The number of carbonyl (C=O) groups excluding carboxylic acids is 1. The number of nitrogens with zero attached hydrogens (tertiary/aromatic N) is 1. The lowest BCUT2D eigenvalue weighted by Crippen LogP contribution is -2.44. The van der Waals surface area contributed by atoms with E-state index in [2.05, 4.69) is 12.2 Å². The number of nitrogens with one attached hydrogen (secondary N) is 1. The van der Waals surface area contributed by atoms with Crippen molar-refractivity contribution in [3.8, 4) is 0 Å². The zero-order chi connectivity index (χ0) is 13.8. The Balaban J connectivity index is 1.90. The van der Waals surface area contributed by atoms with Crippen LogP contribution in [0.25, 0.3) is 0 Å². The van der Waals surface area contributed by atoms with Crippen LogP contribution in [0.4, 0.5) is 10.1 Å². The van der Waals surface area contributed by atoms with Crippen molar-refractivity contribution in [2.45, 2.75) is 32.2 Å². The molecule has 0 aromatic heterocycles. The minimum Gasteiger partial charge on any atom is -0.376 e. The highest BCUT2D eigenvalue weighted by atomic mass is 35.5. The van der Waals surface area contributed by atoms with Gasteiger partial charge in [0, 0.05) is 18.3 Å². The number of halogens is 2. The molecule has 1 aromatic carbocycles. The van der Waals surface area contributed by atoms with Gasteiger partial charge in [0.25, 0.3) is 0 Å². The van der Waals surface area contributed by atoms with Crippen molar-refractivity contribution in [3.05, 3.63) is 29.0 Å². The zero-order valence-electron chi connectivity index (χ0n) is 11.0. The van der Waals surface area contributed by atoms with Crippen LogP contribution in [0.2, 0.25) is 5.02 Å². The lowest BCUT2D eigenvalue weighted by atomic mass is 10.0. The second kappa shape index (κ2) is 6.24. The first-order chi connectivity index (χ1) is 9.08. The number of benzene rings is 1. The molecule has 1 saturated heterocycles. The number of carbonyl (C=O) groups is 1. The molecule has 0 aliphatic carbocycles. The third-order valence-electron chi connectivity index (χ3n) is 3.49. The SMILES string of the molecule is CC1CCCCN1C(=O)CNc1ccc(Cl)c(F)c1. The summed E-state index contributed by atoms with van der Waals surface area (Å²) >= 11 is 5.61. The Kier molecular flexibility index (Phi) is 4.64. The molecule has 0 spiro atoms. The van der Waals surface area contributed by atoms with Crippen LogP contribution in [0, 0.1) is 5.82 Å². The summed E-state index contributed by atoms with van der Waals surface area (Å²) < 4.78 is 13.3. The molecule has 19 heavy (non-hydrogen) atoms. The van der Waals surface area contributed by atoms with Crippen molar-refractivity contribution in [2.24, 2.45) is 0 Å². The summed E-state index contributed by atoms with van der Waals surface area (Å²) in [5, 5.41) is 3.03. The Morgan fingerprint density at radius 1 is 1.53 bits per heavy atom. The third-order valence-corrected chi connectivity index (χ3v) is 3.79. The summed E-state index contributed by atoms with van der Waals surface area (Å²) in [6.07, 6.45) is 3.30. The maximum absolute atomic E-state index is 13.3. The van der Waals surface area contributed by atoms with Gasteiger partial charge in [-0.25, -0.2) is 4.39 Å². The Morgan fingerprint density at radius 3 is 3.00 bits per heavy atom. The van der Waals surface area contributed by atoms with E-state index < -0.39 is 5.82 Å². The average molecular weight is 285 g/mol. The van der Waals surface area contributed by atoms with E-state index in [0.29, 0.717) is 11.7 Å². The van der Waals surface area contributed by atoms with Crippen LogP contribution in [0.5, 0.6) is 0 Å². The van der Waals surface area contributed by atoms with Crippen LogP contribution >= 0.6 is 11.6 Å². The number of amides is 1. The van der Waals surface area contributed by atoms with Crippen LogP contribution in [0.15, 0.2) is 18.2 Å². The molecule has 0 bridgehead atoms. The standard InChI is InChI=1S/C14H18ClFN2O/c1-10-4-2-3-7-18(10)14(19)9-17-11-5-6-12(15)13(16)8-11/h5-6,8,10,17H,2-4,7,9H2,1H3. The molecular formula is C14H18ClFN2O. The van der Waals surface area contributed by atoms with Crippen LogP contribution < -0.4 is 5.32 Å². The first kappa shape index (κ1) is 14.1. The van der Waals surface area contributed by atoms with Crippen LogP contribution in [0.1, 0.15) is 26.2 Å². The maximum Gasteiger partial charge on any atom is 0.242 e. The number of hydrogen-bond acceptors (Lipinski definition) is 2. The topological polar surface area (TPSA) is 32.3 Å². The van der Waals surface area contributed by atoms with Crippen molar-refractivity contribution >= 4 is 23.2 Å². The van der Waals surface area contributed by atoms with E-state index in [0.717, 1.165) is 19.4 Å². The molecule has 1 aromatic rings. The van der Waals surface area contributed by atoms with Gasteiger partial charge in [0.2, 0.25) is 5.91 Å². The monoisotopic (exact) mass is 284 g/mol. The molecule has 0 radical (unpaired) electrons. The number of likely N-dealkylation sites (tertiary alicyclic amines) is 1. The fraction of sp³-hybridized carbons (Fsp3) is 0.500. The summed E-state index contributed by atoms with van der Waals surface area (Å²) in [5.74, 6) is -0.423. The highest BCUT2D eigenvalue weighted by molar-refractivity contribution is 6.30. The van der Waals surface area contributed by atoms with Crippen molar-refractivity contribution < 1.29 is 9.18 Å². The second-order valence-electron chi connectivity index (χ2n) is 4.91. The molecule has 5 heteroatoms. The van der Waals surface area contributed by atoms with Gasteiger partial charge in [-0.15, -0.1) is 0 Å². The largest absolute Gasteiger partial charge is 0.376 e. The predicted molar refractivity (Wildman–Crippen MR) is 74.9 cm³/mol. The fourth-order valence-corrected chi connectivity index (χ4v) is 2.47. The summed E-state index contributed by atoms with van der Waals surface area (Å²) in [7, 11) is 0. The number of anilines is 1. The third kappa shape index (κ3) is 3.60. The molecule has 1 aliphatic rings. The average Bonchev–Trinajstić information content (AvgIpc) is 2.40. The minimum atomic E-state index is -0.481. The van der Waals surface area contributed by atoms with E-state index in [9.17, 15) is 9.18 Å². The van der Waals surface area contributed by atoms with E-state index in [1.54, 1.807) is 6.07 Å². The lowest BCUT2D eigenvalue weighted by Gasteiger charge is -2.33. The molecular weight excluding hydrogens is 267 g/mol. The maximum atomic E-state index is 13.3. The van der Waals surface area contributed by atoms with E-state index in [-0.39, 0.29) is 17.5 Å². The van der Waals surface area contributed by atoms with Gasteiger partial charge in [0.1, 0.15) is 5.82 Å². The normalized spacial score (nSPS) is 19.3. The van der Waals surface area contributed by atoms with Gasteiger partial charge >= 0.3 is 0 Å². The Hall–Kier alpha value is -1.29. The molecule has 2 rings (SSSR count). The van der Waals surface area contributed by atoms with Crippen molar-refractivity contribution in [2.75, 3.05) is 18.4 Å². The minimum absolute atomic E-state index is 0.0579. The summed E-state index contributed by atoms with van der Waals surface area (Å²) in [6.45, 7) is 3.07. The Bertz CT molecular complexity index is 467. The molecule has 1 heterocycles. The highest BCUT2D eigenvalue weighted by Gasteiger charge is 2.22. The second-order valence-corrected chi connectivity index (χ2v) is 5.32. The van der Waals surface area contributed by atoms with E-state index in [1.165, 1.54) is 18.6 Å². The summed E-state index contributed by atoms with van der Waals surface area (Å²) in [4.78, 5) is 14.0. The molecule has 1 fully saturated rings. The van der Waals surface area contributed by atoms with Crippen LogP contribution in [-0.2, 0) is 4.79 Å². The van der Waals surface area contributed by atoms with Crippen LogP contribution in [-0.4, -0.2) is 29.9 Å². The molecule has 1 amide bonds. The molecule has 1 unspecified atom stereocenters. The Morgan fingerprint density at radius 2 is 2.32 bits per heavy atom. The smallest absolute Gasteiger partial charge is 0.242 e. The molecule has 1 N–H and O–H groups in total. The number of piperidine rings is 1. The molecule has 1 atom stereocenters. The van der Waals surface area contributed by atoms with E-state index in [4.69, 9.17) is 11.6 Å². The van der Waals surface area contributed by atoms with Gasteiger partial charge in [-0.1, -0.05) is 11.6 Å². The first-order valence-electron chi connectivity index (χ1n) is 6.56. The van der Waals surface area contributed by atoms with Crippen molar-refractivity contribution in [1.82, 2.24) is 4.90 Å². The van der Waals surface area contributed by atoms with Gasteiger partial charge in [0.05, 0.1) is 11.6 Å². The van der Waals surface area contributed by atoms with Gasteiger partial charge < -0.3 is 10.2 Å². The number of hydrogen-bond donors (Lipinski definition) is 1. The van der Waals surface area contributed by atoms with Gasteiger partial charge in [0.15, 0.2) is 0 Å². The van der Waals surface area contributed by atoms with Gasteiger partial charge in [-0.05, 0) is 44.4 Å². The quantitative estimate of drug-likeness (QED) is 0.924. The highest BCUT2D eigenvalue weighted by Crippen LogP contribution is 2.19. The fourth-order valence-electron chi connectivity index (χ4n) is 2.35. The first-order valence-corrected chi connectivity index (χ1v) is 6.94. The van der Waals surface area contributed by atoms with Crippen molar-refractivity contribution in [1.29, 1.82) is 0 Å². The Labute approximate surface area is 117 Å². The predicted octanol–water partition coefficient (Wildman–Crippen LogP) is 3.29. The molecule has 1 aliphatic heterocycles. The summed E-state index contributed by atoms with van der Waals surface area (Å²) in [6, 6.07) is 4.74. The van der Waals surface area contributed by atoms with E-state index >= 15 is 0 Å². The van der Waals surface area contributed by atoms with E-state index in [1.807, 2.05) is 4.90 Å². The molecule has 3 nitrogen and oxygen atoms in total. The molecule has 0 saturated carbocycles. The lowest BCUT2D eigenvalue weighted by molar-refractivity contribution is -0.132. The molecule has 104 valence electrons. The van der Waals surface area contributed by atoms with Crippen LogP contribution in [0.3, 0.4) is 0 Å². The zero-order valence-corrected chi connectivity index (χ0v) is 11.7. The van der Waals surface area contributed by atoms with Gasteiger partial charge in [-0.3, -0.25) is 4.79 Å². The number of rotatable bonds is 3. The van der Waals surface area contributed by atoms with Gasteiger partial charge in [-0.2, -0.15) is 0 Å².